The molecule has 3 N–H and O–H groups in total. The number of fused-ring (bicyclic) bond motifs is 2. The van der Waals surface area contributed by atoms with Crippen LogP contribution in [0.25, 0.3) is 0 Å². The average molecular weight is 152 g/mol. The normalized spacial score (nSPS) is 39.5. The van der Waals surface area contributed by atoms with Gasteiger partial charge in [0.05, 0.1) is 0 Å². The summed E-state index contributed by atoms with van der Waals surface area (Å²) in [5.41, 5.74) is 2.22. The van der Waals surface area contributed by atoms with Crippen LogP contribution in [0.15, 0.2) is 12.2 Å². The Morgan fingerprint density at radius 3 is 2.73 bits per heavy atom. The van der Waals surface area contributed by atoms with Crippen molar-refractivity contribution in [2.45, 2.75) is 12.8 Å². The smallest absolute Gasteiger partial charge is 0.237 e. The molecule has 0 aliphatic heterocycles. The molecule has 0 radical (unpaired) electrons. The fourth-order valence-corrected chi connectivity index (χ4v) is 2.19. The summed E-state index contributed by atoms with van der Waals surface area (Å²) in [6.07, 6.45) is 6.50. The predicted molar refractivity (Wildman–Crippen MR) is 41.2 cm³/mol. The van der Waals surface area contributed by atoms with Crippen LogP contribution < -0.4 is 11.3 Å². The van der Waals surface area contributed by atoms with Gasteiger partial charge in [-0.05, 0) is 24.7 Å². The number of hydrogen-bond acceptors (Lipinski definition) is 2. The van der Waals surface area contributed by atoms with Crippen molar-refractivity contribution in [3.05, 3.63) is 12.2 Å². The van der Waals surface area contributed by atoms with Gasteiger partial charge in [-0.15, -0.1) is 0 Å². The lowest BCUT2D eigenvalue weighted by Crippen LogP contribution is -2.37. The van der Waals surface area contributed by atoms with Crippen LogP contribution in [-0.2, 0) is 4.79 Å². The molecule has 0 aromatic heterocycles. The molecule has 1 fully saturated rings. The molecule has 2 rings (SSSR count). The largest absolute Gasteiger partial charge is 0.294 e. The number of carbonyl (C=O) groups excluding carboxylic acids is 1. The third-order valence-electron chi connectivity index (χ3n) is 2.76. The second-order valence-corrected chi connectivity index (χ2v) is 3.40. The molecular formula is C8H12N2O. The molecule has 60 valence electrons. The van der Waals surface area contributed by atoms with Crippen molar-refractivity contribution >= 4 is 5.91 Å². The summed E-state index contributed by atoms with van der Waals surface area (Å²) in [6.45, 7) is 0. The van der Waals surface area contributed by atoms with E-state index < -0.39 is 0 Å². The number of carbonyl (C=O) groups is 1. The zero-order valence-electron chi connectivity index (χ0n) is 6.29. The van der Waals surface area contributed by atoms with Crippen LogP contribution in [0.3, 0.4) is 0 Å². The maximum Gasteiger partial charge on any atom is 0.237 e. The van der Waals surface area contributed by atoms with Gasteiger partial charge in [0.1, 0.15) is 0 Å². The maximum absolute atomic E-state index is 11.1. The molecule has 2 aliphatic rings. The van der Waals surface area contributed by atoms with Crippen LogP contribution in [0, 0.1) is 17.8 Å². The minimum Gasteiger partial charge on any atom is -0.294 e. The Labute approximate surface area is 65.6 Å². The summed E-state index contributed by atoms with van der Waals surface area (Å²) in [4.78, 5) is 11.1. The number of rotatable bonds is 1. The number of nitrogens with two attached hydrogens (primary N) is 1. The minimum absolute atomic E-state index is 0.00171. The number of allylic oxidation sites excluding steroid dienone is 2. The first-order valence-corrected chi connectivity index (χ1v) is 4.00. The van der Waals surface area contributed by atoms with Gasteiger partial charge >= 0.3 is 0 Å². The van der Waals surface area contributed by atoms with Crippen LogP contribution in [0.1, 0.15) is 12.8 Å². The van der Waals surface area contributed by atoms with E-state index in [0.717, 1.165) is 12.8 Å². The van der Waals surface area contributed by atoms with E-state index in [4.69, 9.17) is 5.84 Å². The Morgan fingerprint density at radius 2 is 2.27 bits per heavy atom. The van der Waals surface area contributed by atoms with E-state index >= 15 is 0 Å². The first-order chi connectivity index (χ1) is 5.31. The summed E-state index contributed by atoms with van der Waals surface area (Å²) in [5, 5.41) is 0. The summed E-state index contributed by atoms with van der Waals surface area (Å²) in [7, 11) is 0. The van der Waals surface area contributed by atoms with Crippen molar-refractivity contribution in [1.29, 1.82) is 0 Å². The lowest BCUT2D eigenvalue weighted by molar-refractivity contribution is -0.125. The highest BCUT2D eigenvalue weighted by Gasteiger charge is 2.39. The van der Waals surface area contributed by atoms with Crippen LogP contribution in [0.2, 0.25) is 0 Å². The Kier molecular flexibility index (Phi) is 1.46. The van der Waals surface area contributed by atoms with Crippen LogP contribution >= 0.6 is 0 Å². The molecule has 3 atom stereocenters. The van der Waals surface area contributed by atoms with Gasteiger partial charge in [-0.1, -0.05) is 12.2 Å². The lowest BCUT2D eigenvalue weighted by Gasteiger charge is -2.15. The molecule has 0 saturated heterocycles. The molecule has 1 saturated carbocycles. The van der Waals surface area contributed by atoms with E-state index in [-0.39, 0.29) is 11.8 Å². The van der Waals surface area contributed by atoms with Gasteiger partial charge in [0.2, 0.25) is 5.91 Å². The quantitative estimate of drug-likeness (QED) is 0.244. The maximum atomic E-state index is 11.1. The standard InChI is InChI=1S/C8H12N2O/c9-10-8(11)7-4-5-1-2-6(7)3-5/h1-2,5-7H,3-4,9H2,(H,10,11)/t5-,6-,7-/m0/s1. The predicted octanol–water partition coefficient (Wildman–Crippen LogP) is 0.188. The van der Waals surface area contributed by atoms with Crippen LogP contribution in [0.5, 0.6) is 0 Å². The Bertz CT molecular complexity index is 212. The highest BCUT2D eigenvalue weighted by atomic mass is 16.2. The van der Waals surface area contributed by atoms with Crippen LogP contribution in [-0.4, -0.2) is 5.91 Å². The Morgan fingerprint density at radius 1 is 1.45 bits per heavy atom. The molecule has 0 aromatic rings. The molecule has 1 amide bonds. The van der Waals surface area contributed by atoms with Gasteiger partial charge in [-0.2, -0.15) is 0 Å². The van der Waals surface area contributed by atoms with Crippen molar-refractivity contribution in [2.75, 3.05) is 0 Å². The molecule has 2 bridgehead atoms. The Balaban J connectivity index is 2.08. The topological polar surface area (TPSA) is 55.1 Å². The van der Waals surface area contributed by atoms with E-state index in [1.54, 1.807) is 0 Å². The summed E-state index contributed by atoms with van der Waals surface area (Å²) in [5.74, 6) is 6.31. The molecule has 3 heteroatoms. The molecule has 0 aromatic carbocycles. The second-order valence-electron chi connectivity index (χ2n) is 3.40. The zero-order chi connectivity index (χ0) is 7.84. The highest BCUT2D eigenvalue weighted by molar-refractivity contribution is 5.79. The van der Waals surface area contributed by atoms with E-state index in [2.05, 4.69) is 17.6 Å². The number of amides is 1. The fraction of sp³-hybridized carbons (Fsp3) is 0.625. The molecular weight excluding hydrogens is 140 g/mol. The molecule has 11 heavy (non-hydrogen) atoms. The van der Waals surface area contributed by atoms with Gasteiger partial charge in [0, 0.05) is 5.92 Å². The highest BCUT2D eigenvalue weighted by Crippen LogP contribution is 2.43. The molecule has 0 unspecified atom stereocenters. The van der Waals surface area contributed by atoms with Crippen molar-refractivity contribution in [1.82, 2.24) is 5.43 Å². The van der Waals surface area contributed by atoms with Crippen molar-refractivity contribution in [2.24, 2.45) is 23.6 Å². The van der Waals surface area contributed by atoms with E-state index in [9.17, 15) is 4.79 Å². The Hall–Kier alpha value is -0.830. The summed E-state index contributed by atoms with van der Waals surface area (Å²) < 4.78 is 0. The SMILES string of the molecule is NNC(=O)[C@H]1C[C@H]2C=C[C@H]1C2. The molecule has 0 heterocycles. The van der Waals surface area contributed by atoms with Crippen molar-refractivity contribution in [3.63, 3.8) is 0 Å². The van der Waals surface area contributed by atoms with Crippen LogP contribution in [0.4, 0.5) is 0 Å². The molecule has 3 nitrogen and oxygen atoms in total. The van der Waals surface area contributed by atoms with Gasteiger partial charge in [-0.25, -0.2) is 5.84 Å². The third-order valence-corrected chi connectivity index (χ3v) is 2.76. The lowest BCUT2D eigenvalue weighted by atomic mass is 9.93. The fourth-order valence-electron chi connectivity index (χ4n) is 2.19. The zero-order valence-corrected chi connectivity index (χ0v) is 6.29. The number of nitrogens with one attached hydrogen (secondary N) is 1. The van der Waals surface area contributed by atoms with Crippen molar-refractivity contribution in [3.8, 4) is 0 Å². The van der Waals surface area contributed by atoms with Crippen molar-refractivity contribution < 1.29 is 4.79 Å². The van der Waals surface area contributed by atoms with E-state index in [1.807, 2.05) is 0 Å². The van der Waals surface area contributed by atoms with Gasteiger partial charge in [0.15, 0.2) is 0 Å². The van der Waals surface area contributed by atoms with E-state index in [1.165, 1.54) is 0 Å². The van der Waals surface area contributed by atoms with Gasteiger partial charge in [0.25, 0.3) is 0 Å². The second kappa shape index (κ2) is 2.34. The van der Waals surface area contributed by atoms with E-state index in [0.29, 0.717) is 11.8 Å². The molecule has 2 aliphatic carbocycles. The minimum atomic E-state index is 0.00171. The van der Waals surface area contributed by atoms with Gasteiger partial charge in [-0.3, -0.25) is 10.2 Å². The number of hydrazine groups is 1. The number of hydrogen-bond donors (Lipinski definition) is 2. The average Bonchev–Trinajstić information content (AvgIpc) is 2.62. The van der Waals surface area contributed by atoms with Gasteiger partial charge < -0.3 is 0 Å². The third kappa shape index (κ3) is 0.959. The first kappa shape index (κ1) is 6.85. The summed E-state index contributed by atoms with van der Waals surface area (Å²) in [6, 6.07) is 0. The molecule has 0 spiro atoms. The first-order valence-electron chi connectivity index (χ1n) is 4.00. The monoisotopic (exact) mass is 152 g/mol. The summed E-state index contributed by atoms with van der Waals surface area (Å²) >= 11 is 0.